The lowest BCUT2D eigenvalue weighted by Gasteiger charge is -2.15. The van der Waals surface area contributed by atoms with Crippen LogP contribution in [0.4, 0.5) is 11.4 Å². The summed E-state index contributed by atoms with van der Waals surface area (Å²) in [6.45, 7) is 3.86. The Kier molecular flexibility index (Phi) is 8.59. The Hall–Kier alpha value is -4.16. The minimum absolute atomic E-state index is 0.0552. The van der Waals surface area contributed by atoms with Gasteiger partial charge in [-0.1, -0.05) is 18.2 Å². The SMILES string of the molecule is CCOc1cc(/C=C(\C#N)c2ccc([N+](=O)[O-])cc2)cc(Br)c1OCC(=O)Nc1ccccc1C. The molecule has 0 aliphatic heterocycles. The molecule has 0 saturated heterocycles. The van der Waals surface area contributed by atoms with Gasteiger partial charge in [0.2, 0.25) is 0 Å². The number of nitro benzene ring substituents is 1. The van der Waals surface area contributed by atoms with Gasteiger partial charge in [-0.25, -0.2) is 0 Å². The van der Waals surface area contributed by atoms with E-state index in [0.717, 1.165) is 5.56 Å². The number of nitrogens with zero attached hydrogens (tertiary/aromatic N) is 2. The normalized spacial score (nSPS) is 10.9. The Balaban J connectivity index is 1.82. The van der Waals surface area contributed by atoms with E-state index in [4.69, 9.17) is 9.47 Å². The number of allylic oxidation sites excluding steroid dienone is 1. The molecule has 3 aromatic carbocycles. The lowest BCUT2D eigenvalue weighted by Crippen LogP contribution is -2.21. The Labute approximate surface area is 211 Å². The maximum absolute atomic E-state index is 12.4. The Morgan fingerprint density at radius 2 is 1.89 bits per heavy atom. The smallest absolute Gasteiger partial charge is 0.269 e. The first-order valence-electron chi connectivity index (χ1n) is 10.6. The van der Waals surface area contributed by atoms with Crippen LogP contribution in [0.5, 0.6) is 11.5 Å². The van der Waals surface area contributed by atoms with Gasteiger partial charge in [0.1, 0.15) is 0 Å². The number of nitrogens with one attached hydrogen (secondary N) is 1. The standard InChI is InChI=1S/C26H22BrN3O5/c1-3-34-24-14-18(12-20(15-28)19-8-10-21(11-9-19)30(32)33)13-22(27)26(24)35-16-25(31)29-23-7-5-4-6-17(23)2/h4-14H,3,16H2,1-2H3,(H,29,31)/b20-12+. The predicted octanol–water partition coefficient (Wildman–Crippen LogP) is 6.15. The number of nitriles is 1. The molecule has 1 N–H and O–H groups in total. The van der Waals surface area contributed by atoms with Gasteiger partial charge in [-0.15, -0.1) is 0 Å². The van der Waals surface area contributed by atoms with E-state index in [9.17, 15) is 20.2 Å². The molecule has 0 radical (unpaired) electrons. The number of ether oxygens (including phenoxy) is 2. The highest BCUT2D eigenvalue weighted by molar-refractivity contribution is 9.10. The van der Waals surface area contributed by atoms with Crippen molar-refractivity contribution in [2.75, 3.05) is 18.5 Å². The van der Waals surface area contributed by atoms with Crippen LogP contribution in [-0.4, -0.2) is 24.0 Å². The van der Waals surface area contributed by atoms with Gasteiger partial charge in [0.05, 0.1) is 27.6 Å². The van der Waals surface area contributed by atoms with E-state index in [1.165, 1.54) is 24.3 Å². The number of carbonyl (C=O) groups excluding carboxylic acids is 1. The molecular weight excluding hydrogens is 514 g/mol. The van der Waals surface area contributed by atoms with E-state index in [1.54, 1.807) is 18.2 Å². The van der Waals surface area contributed by atoms with Crippen molar-refractivity contribution in [3.8, 4) is 17.6 Å². The first-order chi connectivity index (χ1) is 16.8. The number of para-hydroxylation sites is 1. The van der Waals surface area contributed by atoms with Gasteiger partial charge >= 0.3 is 0 Å². The number of benzene rings is 3. The molecule has 0 aromatic heterocycles. The van der Waals surface area contributed by atoms with Gasteiger partial charge in [0.25, 0.3) is 11.6 Å². The van der Waals surface area contributed by atoms with Crippen molar-refractivity contribution in [3.63, 3.8) is 0 Å². The van der Waals surface area contributed by atoms with Crippen LogP contribution < -0.4 is 14.8 Å². The second-order valence-electron chi connectivity index (χ2n) is 7.39. The lowest BCUT2D eigenvalue weighted by atomic mass is 10.0. The maximum atomic E-state index is 12.4. The van der Waals surface area contributed by atoms with E-state index >= 15 is 0 Å². The molecule has 0 atom stereocenters. The summed E-state index contributed by atoms with van der Waals surface area (Å²) in [4.78, 5) is 22.8. The fourth-order valence-electron chi connectivity index (χ4n) is 3.22. The lowest BCUT2D eigenvalue weighted by molar-refractivity contribution is -0.384. The molecule has 0 aliphatic rings. The summed E-state index contributed by atoms with van der Waals surface area (Å²) >= 11 is 3.47. The average molecular weight is 536 g/mol. The van der Waals surface area contributed by atoms with Crippen LogP contribution in [0.3, 0.4) is 0 Å². The van der Waals surface area contributed by atoms with Gasteiger partial charge in [-0.05, 0) is 82.9 Å². The number of halogens is 1. The number of anilines is 1. The van der Waals surface area contributed by atoms with Gasteiger partial charge < -0.3 is 14.8 Å². The molecule has 0 spiro atoms. The third-order valence-electron chi connectivity index (χ3n) is 4.92. The first-order valence-corrected chi connectivity index (χ1v) is 11.4. The zero-order valence-electron chi connectivity index (χ0n) is 19.1. The van der Waals surface area contributed by atoms with Crippen LogP contribution in [0.2, 0.25) is 0 Å². The molecule has 0 fully saturated rings. The molecule has 0 saturated carbocycles. The van der Waals surface area contributed by atoms with Gasteiger partial charge in [0, 0.05) is 17.8 Å². The highest BCUT2D eigenvalue weighted by Gasteiger charge is 2.15. The topological polar surface area (TPSA) is 114 Å². The molecule has 178 valence electrons. The van der Waals surface area contributed by atoms with E-state index in [1.807, 2.05) is 38.1 Å². The molecular formula is C26H22BrN3O5. The molecule has 8 nitrogen and oxygen atoms in total. The van der Waals surface area contributed by atoms with Crippen molar-refractivity contribution in [1.29, 1.82) is 5.26 Å². The van der Waals surface area contributed by atoms with Crippen LogP contribution in [0.15, 0.2) is 65.1 Å². The summed E-state index contributed by atoms with van der Waals surface area (Å²) in [5, 5.41) is 23.3. The number of hydrogen-bond donors (Lipinski definition) is 1. The minimum Gasteiger partial charge on any atom is -0.490 e. The summed E-state index contributed by atoms with van der Waals surface area (Å²) in [7, 11) is 0. The molecule has 0 aliphatic carbocycles. The molecule has 9 heteroatoms. The van der Waals surface area contributed by atoms with Crippen molar-refractivity contribution < 1.29 is 19.2 Å². The van der Waals surface area contributed by atoms with E-state index in [-0.39, 0.29) is 18.2 Å². The zero-order chi connectivity index (χ0) is 25.4. The summed E-state index contributed by atoms with van der Waals surface area (Å²) in [5.41, 5.74) is 3.10. The van der Waals surface area contributed by atoms with Crippen LogP contribution in [0.25, 0.3) is 11.6 Å². The number of amides is 1. The van der Waals surface area contributed by atoms with Crippen LogP contribution in [0, 0.1) is 28.4 Å². The molecule has 0 unspecified atom stereocenters. The molecule has 1 amide bonds. The molecule has 0 heterocycles. The van der Waals surface area contributed by atoms with Crippen molar-refractivity contribution >= 4 is 44.9 Å². The second-order valence-corrected chi connectivity index (χ2v) is 8.24. The molecule has 3 aromatic rings. The fourth-order valence-corrected chi connectivity index (χ4v) is 3.80. The summed E-state index contributed by atoms with van der Waals surface area (Å²) in [6, 6.07) is 18.7. The van der Waals surface area contributed by atoms with Crippen molar-refractivity contribution in [2.45, 2.75) is 13.8 Å². The number of rotatable bonds is 9. The quantitative estimate of drug-likeness (QED) is 0.152. The summed E-state index contributed by atoms with van der Waals surface area (Å²) < 4.78 is 12.0. The van der Waals surface area contributed by atoms with E-state index < -0.39 is 4.92 Å². The number of aryl methyl sites for hydroxylation is 1. The Bertz CT molecular complexity index is 1310. The second kappa shape index (κ2) is 11.8. The molecule has 0 bridgehead atoms. The summed E-state index contributed by atoms with van der Waals surface area (Å²) in [5.74, 6) is 0.443. The van der Waals surface area contributed by atoms with E-state index in [0.29, 0.717) is 45.0 Å². The van der Waals surface area contributed by atoms with Gasteiger partial charge in [0.15, 0.2) is 18.1 Å². The highest BCUT2D eigenvalue weighted by Crippen LogP contribution is 2.38. The third kappa shape index (κ3) is 6.68. The number of hydrogen-bond acceptors (Lipinski definition) is 6. The van der Waals surface area contributed by atoms with Crippen LogP contribution in [-0.2, 0) is 4.79 Å². The summed E-state index contributed by atoms with van der Waals surface area (Å²) in [6.07, 6.45) is 1.64. The average Bonchev–Trinajstić information content (AvgIpc) is 2.83. The fraction of sp³-hybridized carbons (Fsp3) is 0.154. The highest BCUT2D eigenvalue weighted by atomic mass is 79.9. The Morgan fingerprint density at radius 1 is 1.17 bits per heavy atom. The van der Waals surface area contributed by atoms with Crippen LogP contribution in [0.1, 0.15) is 23.6 Å². The third-order valence-corrected chi connectivity index (χ3v) is 5.51. The van der Waals surface area contributed by atoms with Crippen molar-refractivity contribution in [2.24, 2.45) is 0 Å². The van der Waals surface area contributed by atoms with Gasteiger partial charge in [-0.2, -0.15) is 5.26 Å². The van der Waals surface area contributed by atoms with Crippen molar-refractivity contribution in [1.82, 2.24) is 0 Å². The largest absolute Gasteiger partial charge is 0.490 e. The first kappa shape index (κ1) is 25.5. The number of carbonyl (C=O) groups is 1. The minimum atomic E-state index is -0.495. The maximum Gasteiger partial charge on any atom is 0.269 e. The monoisotopic (exact) mass is 535 g/mol. The molecule has 35 heavy (non-hydrogen) atoms. The van der Waals surface area contributed by atoms with E-state index in [2.05, 4.69) is 27.3 Å². The molecule has 3 rings (SSSR count). The zero-order valence-corrected chi connectivity index (χ0v) is 20.7. The number of nitro groups is 1. The van der Waals surface area contributed by atoms with Crippen LogP contribution >= 0.6 is 15.9 Å². The Morgan fingerprint density at radius 3 is 2.51 bits per heavy atom. The number of non-ortho nitro benzene ring substituents is 1. The van der Waals surface area contributed by atoms with Crippen molar-refractivity contribution in [3.05, 3.63) is 91.9 Å². The van der Waals surface area contributed by atoms with Gasteiger partial charge in [-0.3, -0.25) is 14.9 Å². The predicted molar refractivity (Wildman–Crippen MR) is 137 cm³/mol.